The van der Waals surface area contributed by atoms with Crippen molar-refractivity contribution < 1.29 is 14.3 Å². The molecule has 2 rings (SSSR count). The third-order valence-electron chi connectivity index (χ3n) is 4.00. The van der Waals surface area contributed by atoms with E-state index in [1.807, 2.05) is 43.0 Å². The molecular weight excluding hydrogens is 372 g/mol. The Morgan fingerprint density at radius 2 is 1.75 bits per heavy atom. The summed E-state index contributed by atoms with van der Waals surface area (Å²) in [5.74, 6) is 0.468. The van der Waals surface area contributed by atoms with Crippen LogP contribution in [-0.4, -0.2) is 54.6 Å². The molecule has 0 aromatic heterocycles. The van der Waals surface area contributed by atoms with Crippen LogP contribution in [0.2, 0.25) is 0 Å². The molecule has 0 spiro atoms. The number of nitrogens with zero attached hydrogens (tertiary/aromatic N) is 2. The van der Waals surface area contributed by atoms with Gasteiger partial charge in [0, 0.05) is 37.1 Å². The molecule has 1 aromatic rings. The summed E-state index contributed by atoms with van der Waals surface area (Å²) in [4.78, 5) is 27.8. The Bertz CT molecular complexity index is 569. The van der Waals surface area contributed by atoms with E-state index in [2.05, 4.69) is 15.9 Å². The van der Waals surface area contributed by atoms with Gasteiger partial charge in [-0.1, -0.05) is 48.0 Å². The molecule has 0 atom stereocenters. The molecule has 1 aliphatic heterocycles. The highest BCUT2D eigenvalue weighted by Crippen LogP contribution is 2.18. The van der Waals surface area contributed by atoms with Gasteiger partial charge in [-0.15, -0.1) is 0 Å². The van der Waals surface area contributed by atoms with E-state index in [9.17, 15) is 9.59 Å². The topological polar surface area (TPSA) is 49.9 Å². The summed E-state index contributed by atoms with van der Waals surface area (Å²) in [6, 6.07) is 7.96. The van der Waals surface area contributed by atoms with Gasteiger partial charge >= 0.3 is 6.09 Å². The lowest BCUT2D eigenvalue weighted by Crippen LogP contribution is -2.50. The summed E-state index contributed by atoms with van der Waals surface area (Å²) in [6.45, 7) is 6.68. The van der Waals surface area contributed by atoms with E-state index >= 15 is 0 Å². The number of piperazine rings is 1. The Morgan fingerprint density at radius 1 is 1.12 bits per heavy atom. The number of rotatable bonds is 5. The minimum Gasteiger partial charge on any atom is -0.449 e. The zero-order valence-corrected chi connectivity index (χ0v) is 15.9. The lowest BCUT2D eigenvalue weighted by atomic mass is 10.1. The summed E-state index contributed by atoms with van der Waals surface area (Å²) >= 11 is 3.51. The Labute approximate surface area is 152 Å². The molecule has 5 nitrogen and oxygen atoms in total. The Hall–Kier alpha value is -1.56. The highest BCUT2D eigenvalue weighted by molar-refractivity contribution is 9.10. The van der Waals surface area contributed by atoms with Gasteiger partial charge in [-0.25, -0.2) is 4.79 Å². The van der Waals surface area contributed by atoms with Gasteiger partial charge in [0.25, 0.3) is 0 Å². The molecule has 132 valence electrons. The lowest BCUT2D eigenvalue weighted by Gasteiger charge is -2.34. The van der Waals surface area contributed by atoms with Crippen LogP contribution in [-0.2, 0) is 16.0 Å². The molecule has 1 fully saturated rings. The average Bonchev–Trinajstić information content (AvgIpc) is 2.58. The van der Waals surface area contributed by atoms with Crippen molar-refractivity contribution in [2.75, 3.05) is 32.8 Å². The standard InChI is InChI=1S/C18H25BrN2O3/c1-14(2)13-24-18(23)21-11-9-20(10-12-21)17(22)8-7-15-5-3-4-6-16(15)19/h3-6,14H,7-13H2,1-2H3. The van der Waals surface area contributed by atoms with Gasteiger partial charge in [0.15, 0.2) is 0 Å². The molecule has 1 heterocycles. The van der Waals surface area contributed by atoms with E-state index in [1.54, 1.807) is 4.90 Å². The second kappa shape index (κ2) is 9.06. The molecule has 1 aliphatic rings. The number of carbonyl (C=O) groups excluding carboxylic acids is 2. The van der Waals surface area contributed by atoms with E-state index in [-0.39, 0.29) is 12.0 Å². The maximum absolute atomic E-state index is 12.4. The van der Waals surface area contributed by atoms with Crippen molar-refractivity contribution in [3.8, 4) is 0 Å². The first kappa shape index (κ1) is 18.8. The van der Waals surface area contributed by atoms with Crippen LogP contribution in [0, 0.1) is 5.92 Å². The number of halogens is 1. The van der Waals surface area contributed by atoms with Gasteiger partial charge in [-0.05, 0) is 24.0 Å². The number of ether oxygens (including phenoxy) is 1. The highest BCUT2D eigenvalue weighted by Gasteiger charge is 2.24. The van der Waals surface area contributed by atoms with E-state index < -0.39 is 0 Å². The molecule has 0 bridgehead atoms. The van der Waals surface area contributed by atoms with Gasteiger partial charge < -0.3 is 14.5 Å². The zero-order chi connectivity index (χ0) is 17.5. The predicted molar refractivity (Wildman–Crippen MR) is 96.8 cm³/mol. The summed E-state index contributed by atoms with van der Waals surface area (Å²) in [7, 11) is 0. The van der Waals surface area contributed by atoms with E-state index in [4.69, 9.17) is 4.74 Å². The molecule has 1 aromatic carbocycles. The molecule has 24 heavy (non-hydrogen) atoms. The van der Waals surface area contributed by atoms with Gasteiger partial charge in [0.1, 0.15) is 0 Å². The van der Waals surface area contributed by atoms with Crippen LogP contribution in [0.15, 0.2) is 28.7 Å². The normalized spacial score (nSPS) is 14.8. The SMILES string of the molecule is CC(C)COC(=O)N1CCN(C(=O)CCc2ccccc2Br)CC1. The van der Waals surface area contributed by atoms with E-state index in [1.165, 1.54) is 0 Å². The fourth-order valence-corrected chi connectivity index (χ4v) is 3.05. The quantitative estimate of drug-likeness (QED) is 0.766. The van der Waals surface area contributed by atoms with Gasteiger partial charge in [0.05, 0.1) is 6.61 Å². The largest absolute Gasteiger partial charge is 0.449 e. The number of hydrogen-bond acceptors (Lipinski definition) is 3. The van der Waals surface area contributed by atoms with E-state index in [0.717, 1.165) is 16.5 Å². The first-order chi connectivity index (χ1) is 11.5. The Morgan fingerprint density at radius 3 is 2.38 bits per heavy atom. The summed E-state index contributed by atoms with van der Waals surface area (Å²) in [6.07, 6.45) is 0.932. The van der Waals surface area contributed by atoms with Gasteiger partial charge in [-0.3, -0.25) is 4.79 Å². The van der Waals surface area contributed by atoms with Crippen molar-refractivity contribution in [2.24, 2.45) is 5.92 Å². The number of carbonyl (C=O) groups is 2. The molecule has 0 N–H and O–H groups in total. The Balaban J connectivity index is 1.74. The maximum Gasteiger partial charge on any atom is 0.409 e. The molecule has 0 aliphatic carbocycles. The van der Waals surface area contributed by atoms with Gasteiger partial charge in [-0.2, -0.15) is 0 Å². The second-order valence-corrected chi connectivity index (χ2v) is 7.28. The first-order valence-electron chi connectivity index (χ1n) is 8.40. The lowest BCUT2D eigenvalue weighted by molar-refractivity contribution is -0.132. The Kier molecular flexibility index (Phi) is 7.09. The zero-order valence-electron chi connectivity index (χ0n) is 14.3. The molecule has 0 unspecified atom stereocenters. The van der Waals surface area contributed by atoms with Crippen LogP contribution in [0.25, 0.3) is 0 Å². The van der Waals surface area contributed by atoms with Crippen LogP contribution >= 0.6 is 15.9 Å². The first-order valence-corrected chi connectivity index (χ1v) is 9.19. The predicted octanol–water partition coefficient (Wildman–Crippen LogP) is 3.32. The summed E-state index contributed by atoms with van der Waals surface area (Å²) in [5.41, 5.74) is 1.14. The maximum atomic E-state index is 12.4. The van der Waals surface area contributed by atoms with Crippen molar-refractivity contribution >= 4 is 27.9 Å². The molecule has 0 radical (unpaired) electrons. The van der Waals surface area contributed by atoms with Gasteiger partial charge in [0.2, 0.25) is 5.91 Å². The third kappa shape index (κ3) is 5.51. The summed E-state index contributed by atoms with van der Waals surface area (Å²) in [5, 5.41) is 0. The van der Waals surface area contributed by atoms with Crippen LogP contribution in [0.1, 0.15) is 25.8 Å². The smallest absolute Gasteiger partial charge is 0.409 e. The van der Waals surface area contributed by atoms with Crippen molar-refractivity contribution in [1.29, 1.82) is 0 Å². The second-order valence-electron chi connectivity index (χ2n) is 6.43. The van der Waals surface area contributed by atoms with Crippen molar-refractivity contribution in [3.63, 3.8) is 0 Å². The van der Waals surface area contributed by atoms with E-state index in [0.29, 0.717) is 45.1 Å². The van der Waals surface area contributed by atoms with Crippen LogP contribution in [0.5, 0.6) is 0 Å². The monoisotopic (exact) mass is 396 g/mol. The molecule has 2 amide bonds. The fraction of sp³-hybridized carbons (Fsp3) is 0.556. The van der Waals surface area contributed by atoms with Crippen LogP contribution < -0.4 is 0 Å². The molecule has 6 heteroatoms. The molecule has 0 saturated carbocycles. The third-order valence-corrected chi connectivity index (χ3v) is 4.77. The minimum atomic E-state index is -0.274. The molecule has 1 saturated heterocycles. The van der Waals surface area contributed by atoms with Crippen LogP contribution in [0.3, 0.4) is 0 Å². The minimum absolute atomic E-state index is 0.140. The van der Waals surface area contributed by atoms with Crippen molar-refractivity contribution in [1.82, 2.24) is 9.80 Å². The van der Waals surface area contributed by atoms with Crippen molar-refractivity contribution in [3.05, 3.63) is 34.3 Å². The number of hydrogen-bond donors (Lipinski definition) is 0. The average molecular weight is 397 g/mol. The number of amides is 2. The van der Waals surface area contributed by atoms with Crippen molar-refractivity contribution in [2.45, 2.75) is 26.7 Å². The highest BCUT2D eigenvalue weighted by atomic mass is 79.9. The number of aryl methyl sites for hydroxylation is 1. The number of benzene rings is 1. The summed E-state index contributed by atoms with van der Waals surface area (Å²) < 4.78 is 6.27. The van der Waals surface area contributed by atoms with Crippen LogP contribution in [0.4, 0.5) is 4.79 Å². The fourth-order valence-electron chi connectivity index (χ4n) is 2.57. The molecular formula is C18H25BrN2O3.